The van der Waals surface area contributed by atoms with Crippen molar-refractivity contribution >= 4 is 29.3 Å². The zero-order chi connectivity index (χ0) is 18.4. The van der Waals surface area contributed by atoms with Gasteiger partial charge >= 0.3 is 5.97 Å². The Labute approximate surface area is 155 Å². The maximum Gasteiger partial charge on any atom is 0.338 e. The number of carbonyl (C=O) groups excluding carboxylic acids is 2. The Balaban J connectivity index is 1.56. The lowest BCUT2D eigenvalue weighted by molar-refractivity contribution is -0.113. The molecule has 0 aromatic heterocycles. The van der Waals surface area contributed by atoms with Gasteiger partial charge in [0.25, 0.3) is 0 Å². The van der Waals surface area contributed by atoms with Gasteiger partial charge in [-0.25, -0.2) is 4.79 Å². The molecule has 0 unspecified atom stereocenters. The number of hydrogen-bond donors (Lipinski definition) is 1. The highest BCUT2D eigenvalue weighted by molar-refractivity contribution is 8.00. The van der Waals surface area contributed by atoms with Crippen LogP contribution >= 0.6 is 11.8 Å². The predicted molar refractivity (Wildman–Crippen MR) is 99.2 cm³/mol. The summed E-state index contributed by atoms with van der Waals surface area (Å²) in [6.07, 6.45) is 0. The first-order valence-corrected chi connectivity index (χ1v) is 9.24. The summed E-state index contributed by atoms with van der Waals surface area (Å²) in [7, 11) is 0. The number of carbonyl (C=O) groups is 2. The van der Waals surface area contributed by atoms with Crippen LogP contribution in [0.4, 0.5) is 5.69 Å². The van der Waals surface area contributed by atoms with Gasteiger partial charge in [0.15, 0.2) is 11.5 Å². The van der Waals surface area contributed by atoms with Crippen LogP contribution in [0.5, 0.6) is 11.5 Å². The third-order valence-corrected chi connectivity index (χ3v) is 4.53. The summed E-state index contributed by atoms with van der Waals surface area (Å²) in [6.45, 7) is 3.13. The van der Waals surface area contributed by atoms with Gasteiger partial charge in [-0.2, -0.15) is 0 Å². The van der Waals surface area contributed by atoms with Gasteiger partial charge in [-0.1, -0.05) is 6.07 Å². The monoisotopic (exact) mass is 373 g/mol. The first-order valence-electron chi connectivity index (χ1n) is 8.25. The minimum absolute atomic E-state index is 0.161. The lowest BCUT2D eigenvalue weighted by atomic mass is 10.2. The molecular weight excluding hydrogens is 354 g/mol. The summed E-state index contributed by atoms with van der Waals surface area (Å²) in [5.41, 5.74) is 0.965. The molecule has 0 bridgehead atoms. The number of esters is 1. The van der Waals surface area contributed by atoms with Crippen LogP contribution in [-0.2, 0) is 9.53 Å². The van der Waals surface area contributed by atoms with Crippen LogP contribution < -0.4 is 14.8 Å². The first kappa shape index (κ1) is 18.1. The van der Waals surface area contributed by atoms with Crippen LogP contribution in [0.1, 0.15) is 17.3 Å². The number of anilines is 1. The van der Waals surface area contributed by atoms with Crippen molar-refractivity contribution in [1.82, 2.24) is 0 Å². The normalized spacial score (nSPS) is 12.3. The molecule has 0 aliphatic carbocycles. The number of ether oxygens (including phenoxy) is 3. The highest BCUT2D eigenvalue weighted by atomic mass is 32.2. The van der Waals surface area contributed by atoms with Gasteiger partial charge in [0.05, 0.1) is 17.9 Å². The average molecular weight is 373 g/mol. The van der Waals surface area contributed by atoms with Crippen molar-refractivity contribution in [3.8, 4) is 11.5 Å². The fourth-order valence-electron chi connectivity index (χ4n) is 2.40. The van der Waals surface area contributed by atoms with E-state index in [4.69, 9.17) is 14.2 Å². The predicted octanol–water partition coefficient (Wildman–Crippen LogP) is 3.37. The van der Waals surface area contributed by atoms with Gasteiger partial charge in [0.2, 0.25) is 5.91 Å². The SMILES string of the molecule is CCOC(=O)c1cccc(NC(=O)CSc2ccc3c(c2)OCCO3)c1. The average Bonchev–Trinajstić information content (AvgIpc) is 2.66. The zero-order valence-electron chi connectivity index (χ0n) is 14.3. The minimum Gasteiger partial charge on any atom is -0.486 e. The second-order valence-electron chi connectivity index (χ2n) is 5.44. The van der Waals surface area contributed by atoms with E-state index in [1.807, 2.05) is 18.2 Å². The van der Waals surface area contributed by atoms with Crippen LogP contribution in [-0.4, -0.2) is 37.4 Å². The standard InChI is InChI=1S/C19H19NO5S/c1-2-23-19(22)13-4-3-5-14(10-13)20-18(21)12-26-15-6-7-16-17(11-15)25-9-8-24-16/h3-7,10-11H,2,8-9,12H2,1H3,(H,20,21). The first-order chi connectivity index (χ1) is 12.7. The number of fused-ring (bicyclic) bond motifs is 1. The third-order valence-electron chi connectivity index (χ3n) is 3.54. The van der Waals surface area contributed by atoms with Crippen LogP contribution in [0.25, 0.3) is 0 Å². The maximum atomic E-state index is 12.2. The molecule has 2 aromatic rings. The Bertz CT molecular complexity index is 808. The van der Waals surface area contributed by atoms with E-state index >= 15 is 0 Å². The summed E-state index contributed by atoms with van der Waals surface area (Å²) in [6, 6.07) is 12.3. The molecule has 1 heterocycles. The van der Waals surface area contributed by atoms with E-state index in [1.54, 1.807) is 31.2 Å². The fourth-order valence-corrected chi connectivity index (χ4v) is 3.12. The lowest BCUT2D eigenvalue weighted by Crippen LogP contribution is -2.16. The summed E-state index contributed by atoms with van der Waals surface area (Å²) in [5, 5.41) is 2.79. The van der Waals surface area contributed by atoms with Gasteiger partial charge in [0, 0.05) is 10.6 Å². The minimum atomic E-state index is -0.408. The number of benzene rings is 2. The van der Waals surface area contributed by atoms with E-state index in [0.29, 0.717) is 36.8 Å². The molecule has 0 saturated carbocycles. The maximum absolute atomic E-state index is 12.2. The molecule has 0 radical (unpaired) electrons. The van der Waals surface area contributed by atoms with Crippen molar-refractivity contribution < 1.29 is 23.8 Å². The quantitative estimate of drug-likeness (QED) is 0.618. The number of amides is 1. The third kappa shape index (κ3) is 4.70. The van der Waals surface area contributed by atoms with Crippen molar-refractivity contribution in [2.75, 3.05) is 30.9 Å². The molecule has 0 atom stereocenters. The highest BCUT2D eigenvalue weighted by Gasteiger charge is 2.13. The molecule has 2 aromatic carbocycles. The van der Waals surface area contributed by atoms with Crippen molar-refractivity contribution in [3.63, 3.8) is 0 Å². The lowest BCUT2D eigenvalue weighted by Gasteiger charge is -2.18. The molecule has 136 valence electrons. The summed E-state index contributed by atoms with van der Waals surface area (Å²) < 4.78 is 16.0. The molecule has 26 heavy (non-hydrogen) atoms. The van der Waals surface area contributed by atoms with Gasteiger partial charge in [-0.3, -0.25) is 4.79 Å². The summed E-state index contributed by atoms with van der Waals surface area (Å²) in [4.78, 5) is 24.8. The zero-order valence-corrected chi connectivity index (χ0v) is 15.1. The van der Waals surface area contributed by atoms with Crippen LogP contribution in [0.15, 0.2) is 47.4 Å². The largest absolute Gasteiger partial charge is 0.486 e. The number of thioether (sulfide) groups is 1. The topological polar surface area (TPSA) is 73.9 Å². The molecule has 0 saturated heterocycles. The molecule has 1 aliphatic heterocycles. The van der Waals surface area contributed by atoms with E-state index in [-0.39, 0.29) is 11.7 Å². The van der Waals surface area contributed by atoms with E-state index in [2.05, 4.69) is 5.32 Å². The van der Waals surface area contributed by atoms with Crippen LogP contribution in [0, 0.1) is 0 Å². The Hall–Kier alpha value is -2.67. The second kappa shape index (κ2) is 8.62. The molecule has 0 spiro atoms. The van der Waals surface area contributed by atoms with Crippen molar-refractivity contribution in [2.45, 2.75) is 11.8 Å². The van der Waals surface area contributed by atoms with Gasteiger partial charge in [-0.15, -0.1) is 11.8 Å². The van der Waals surface area contributed by atoms with Crippen molar-refractivity contribution in [1.29, 1.82) is 0 Å². The molecule has 1 aliphatic rings. The smallest absolute Gasteiger partial charge is 0.338 e. The van der Waals surface area contributed by atoms with E-state index in [1.165, 1.54) is 11.8 Å². The molecule has 1 amide bonds. The molecule has 6 nitrogen and oxygen atoms in total. The summed E-state index contributed by atoms with van der Waals surface area (Å²) >= 11 is 1.40. The molecule has 3 rings (SSSR count). The van der Waals surface area contributed by atoms with Crippen molar-refractivity contribution in [3.05, 3.63) is 48.0 Å². The number of hydrogen-bond acceptors (Lipinski definition) is 6. The van der Waals surface area contributed by atoms with E-state index in [0.717, 1.165) is 10.6 Å². The Kier molecular flexibility index (Phi) is 6.01. The number of nitrogens with one attached hydrogen (secondary N) is 1. The van der Waals surface area contributed by atoms with Crippen LogP contribution in [0.3, 0.4) is 0 Å². The van der Waals surface area contributed by atoms with Gasteiger partial charge in [0.1, 0.15) is 13.2 Å². The fraction of sp³-hybridized carbons (Fsp3) is 0.263. The molecular formula is C19H19NO5S. The Morgan fingerprint density at radius 3 is 2.73 bits per heavy atom. The van der Waals surface area contributed by atoms with E-state index < -0.39 is 5.97 Å². The molecule has 1 N–H and O–H groups in total. The molecule has 7 heteroatoms. The van der Waals surface area contributed by atoms with Crippen LogP contribution in [0.2, 0.25) is 0 Å². The summed E-state index contributed by atoms with van der Waals surface area (Å²) in [5.74, 6) is 1.09. The Morgan fingerprint density at radius 1 is 1.12 bits per heavy atom. The van der Waals surface area contributed by atoms with Crippen molar-refractivity contribution in [2.24, 2.45) is 0 Å². The number of rotatable bonds is 6. The second-order valence-corrected chi connectivity index (χ2v) is 6.49. The van der Waals surface area contributed by atoms with E-state index in [9.17, 15) is 9.59 Å². The molecule has 0 fully saturated rings. The Morgan fingerprint density at radius 2 is 1.92 bits per heavy atom. The van der Waals surface area contributed by atoms with Gasteiger partial charge < -0.3 is 19.5 Å². The highest BCUT2D eigenvalue weighted by Crippen LogP contribution is 2.34. The van der Waals surface area contributed by atoms with Gasteiger partial charge in [-0.05, 0) is 43.3 Å².